The van der Waals surface area contributed by atoms with Crippen LogP contribution in [-0.2, 0) is 20.2 Å². The Hall–Kier alpha value is -4.48. The molecule has 0 saturated carbocycles. The van der Waals surface area contributed by atoms with Gasteiger partial charge in [0.25, 0.3) is 10.1 Å². The van der Waals surface area contributed by atoms with Crippen LogP contribution in [0.4, 0.5) is 11.4 Å². The second-order valence-corrected chi connectivity index (χ2v) is 15.0. The van der Waals surface area contributed by atoms with E-state index in [1.165, 1.54) is 27.5 Å². The van der Waals surface area contributed by atoms with Gasteiger partial charge in [0.15, 0.2) is 5.69 Å². The fourth-order valence-corrected chi connectivity index (χ4v) is 7.86. The Morgan fingerprint density at radius 1 is 0.720 bits per heavy atom. The van der Waals surface area contributed by atoms with Crippen molar-refractivity contribution >= 4 is 31.6 Å². The van der Waals surface area contributed by atoms with Crippen LogP contribution in [0.2, 0.25) is 0 Å². The SMILES string of the molecule is COc1cc(-c2ccc(N(C)CC(CS(=O)(=O)O)[N+](C)(CS(=O)(=O)O)c3ccc(-c4cc(OC)c(C)c(OC)c4)nc3)cn2)cc(OC)c1C. The molecule has 14 nitrogen and oxygen atoms in total. The van der Waals surface area contributed by atoms with E-state index in [0.717, 1.165) is 16.7 Å². The smallest absolute Gasteiger partial charge is 0.316 e. The number of anilines is 1. The van der Waals surface area contributed by atoms with Gasteiger partial charge in [0, 0.05) is 35.4 Å². The Kier molecular flexibility index (Phi) is 11.6. The number of rotatable bonds is 15. The predicted octanol–water partition coefficient (Wildman–Crippen LogP) is 4.64. The third-order valence-electron chi connectivity index (χ3n) is 8.75. The highest BCUT2D eigenvalue weighted by Gasteiger charge is 2.42. The van der Waals surface area contributed by atoms with Crippen molar-refractivity contribution in [2.75, 3.05) is 65.6 Å². The van der Waals surface area contributed by atoms with Crippen LogP contribution in [0.15, 0.2) is 60.9 Å². The van der Waals surface area contributed by atoms with Crippen LogP contribution in [0, 0.1) is 13.8 Å². The first-order valence-electron chi connectivity index (χ1n) is 15.3. The topological polar surface area (TPSA) is 175 Å². The molecule has 2 atom stereocenters. The summed E-state index contributed by atoms with van der Waals surface area (Å²) < 4.78 is 91.0. The molecule has 0 fully saturated rings. The number of quaternary nitrogens is 1. The van der Waals surface area contributed by atoms with Crippen LogP contribution >= 0.6 is 0 Å². The molecule has 0 amide bonds. The van der Waals surface area contributed by atoms with E-state index in [9.17, 15) is 25.9 Å². The first-order chi connectivity index (χ1) is 23.4. The normalized spacial score (nSPS) is 13.6. The van der Waals surface area contributed by atoms with Gasteiger partial charge in [-0.3, -0.25) is 23.6 Å². The number of benzene rings is 2. The van der Waals surface area contributed by atoms with Crippen molar-refractivity contribution < 1.29 is 44.9 Å². The quantitative estimate of drug-likeness (QED) is 0.128. The summed E-state index contributed by atoms with van der Waals surface area (Å²) in [6.07, 6.45) is 3.00. The predicted molar refractivity (Wildman–Crippen MR) is 193 cm³/mol. The van der Waals surface area contributed by atoms with E-state index in [1.807, 2.05) is 26.0 Å². The van der Waals surface area contributed by atoms with Crippen LogP contribution in [0.1, 0.15) is 11.1 Å². The van der Waals surface area contributed by atoms with Crippen LogP contribution in [0.25, 0.3) is 22.5 Å². The lowest BCUT2D eigenvalue weighted by Crippen LogP contribution is -2.62. The fourth-order valence-electron chi connectivity index (χ4n) is 5.90. The molecular formula is C34H43N4O10S2+. The van der Waals surface area contributed by atoms with Crippen molar-refractivity contribution in [2.24, 2.45) is 0 Å². The van der Waals surface area contributed by atoms with E-state index in [0.29, 0.717) is 45.6 Å². The van der Waals surface area contributed by atoms with Gasteiger partial charge in [-0.05, 0) is 56.3 Å². The second kappa shape index (κ2) is 15.2. The maximum atomic E-state index is 12.4. The molecule has 0 aliphatic heterocycles. The minimum atomic E-state index is -4.68. The molecule has 50 heavy (non-hydrogen) atoms. The molecule has 0 spiro atoms. The second-order valence-electron chi connectivity index (χ2n) is 12.1. The summed E-state index contributed by atoms with van der Waals surface area (Å²) in [5.74, 6) is 0.692. The summed E-state index contributed by atoms with van der Waals surface area (Å²) in [5.41, 5.74) is 5.02. The van der Waals surface area contributed by atoms with Gasteiger partial charge in [-0.1, -0.05) is 0 Å². The van der Waals surface area contributed by atoms with Gasteiger partial charge in [-0.15, -0.1) is 0 Å². The van der Waals surface area contributed by atoms with Gasteiger partial charge in [-0.2, -0.15) is 16.8 Å². The Morgan fingerprint density at radius 2 is 1.16 bits per heavy atom. The molecule has 2 aromatic heterocycles. The number of pyridine rings is 2. The van der Waals surface area contributed by atoms with Crippen molar-refractivity contribution in [1.82, 2.24) is 14.5 Å². The number of ether oxygens (including phenoxy) is 4. The van der Waals surface area contributed by atoms with Crippen molar-refractivity contribution in [2.45, 2.75) is 19.9 Å². The molecule has 16 heteroatoms. The summed E-state index contributed by atoms with van der Waals surface area (Å²) in [6.45, 7) is 3.66. The average molecular weight is 732 g/mol. The molecule has 2 unspecified atom stereocenters. The van der Waals surface area contributed by atoms with Crippen molar-refractivity contribution in [3.8, 4) is 45.5 Å². The maximum Gasteiger partial charge on any atom is 0.316 e. The number of hydrogen-bond acceptors (Lipinski definition) is 11. The van der Waals surface area contributed by atoms with E-state index in [1.54, 1.807) is 68.8 Å². The zero-order chi connectivity index (χ0) is 37.0. The number of methoxy groups -OCH3 is 4. The van der Waals surface area contributed by atoms with Gasteiger partial charge < -0.3 is 23.8 Å². The molecule has 2 N–H and O–H groups in total. The summed E-state index contributed by atoms with van der Waals surface area (Å²) in [4.78, 5) is 10.8. The lowest BCUT2D eigenvalue weighted by molar-refractivity contribution is 0.283. The van der Waals surface area contributed by atoms with Crippen molar-refractivity contribution in [3.05, 3.63) is 72.1 Å². The van der Waals surface area contributed by atoms with Gasteiger partial charge in [0.1, 0.15) is 34.8 Å². The monoisotopic (exact) mass is 731 g/mol. The van der Waals surface area contributed by atoms with E-state index >= 15 is 0 Å². The zero-order valence-corrected chi connectivity index (χ0v) is 30.9. The molecule has 0 saturated heterocycles. The van der Waals surface area contributed by atoms with E-state index in [2.05, 4.69) is 9.97 Å². The van der Waals surface area contributed by atoms with E-state index in [-0.39, 0.29) is 12.2 Å². The molecule has 0 radical (unpaired) electrons. The molecule has 2 aromatic carbocycles. The molecular weight excluding hydrogens is 689 g/mol. The van der Waals surface area contributed by atoms with Crippen LogP contribution < -0.4 is 28.3 Å². The lowest BCUT2D eigenvalue weighted by Gasteiger charge is -2.41. The van der Waals surface area contributed by atoms with E-state index in [4.69, 9.17) is 18.9 Å². The number of aromatic nitrogens is 2. The lowest BCUT2D eigenvalue weighted by atomic mass is 10.1. The largest absolute Gasteiger partial charge is 0.496 e. The number of hydrogen-bond donors (Lipinski definition) is 2. The number of nitrogens with zero attached hydrogens (tertiary/aromatic N) is 4. The van der Waals surface area contributed by atoms with Crippen molar-refractivity contribution in [1.29, 1.82) is 0 Å². The Balaban J connectivity index is 1.72. The number of likely N-dealkylation sites (N-methyl/N-ethyl adjacent to an activating group) is 2. The Bertz CT molecular complexity index is 1990. The summed E-state index contributed by atoms with van der Waals surface area (Å²) >= 11 is 0. The van der Waals surface area contributed by atoms with Gasteiger partial charge in [-0.25, -0.2) is 0 Å². The van der Waals surface area contributed by atoms with Gasteiger partial charge >= 0.3 is 10.1 Å². The third kappa shape index (κ3) is 8.81. The maximum absolute atomic E-state index is 12.4. The molecule has 270 valence electrons. The third-order valence-corrected chi connectivity index (χ3v) is 10.4. The molecule has 0 bridgehead atoms. The van der Waals surface area contributed by atoms with E-state index < -0.39 is 42.4 Å². The highest BCUT2D eigenvalue weighted by atomic mass is 32.2. The molecule has 4 rings (SSSR count). The first kappa shape index (κ1) is 38.3. The molecule has 2 heterocycles. The van der Waals surface area contributed by atoms with Crippen LogP contribution in [0.5, 0.6) is 23.0 Å². The highest BCUT2D eigenvalue weighted by molar-refractivity contribution is 7.86. The highest BCUT2D eigenvalue weighted by Crippen LogP contribution is 2.36. The average Bonchev–Trinajstić information content (AvgIpc) is 3.07. The van der Waals surface area contributed by atoms with Gasteiger partial charge in [0.05, 0.1) is 71.5 Å². The summed E-state index contributed by atoms with van der Waals surface area (Å²) in [6, 6.07) is 12.9. The molecule has 0 aliphatic carbocycles. The Labute approximate surface area is 293 Å². The fraction of sp³-hybridized carbons (Fsp3) is 0.353. The summed E-state index contributed by atoms with van der Waals surface area (Å²) in [5, 5.41) is 0. The zero-order valence-electron chi connectivity index (χ0n) is 29.2. The Morgan fingerprint density at radius 3 is 1.50 bits per heavy atom. The summed E-state index contributed by atoms with van der Waals surface area (Å²) in [7, 11) is 0.0391. The first-order valence-corrected chi connectivity index (χ1v) is 18.5. The van der Waals surface area contributed by atoms with Crippen LogP contribution in [0.3, 0.4) is 0 Å². The van der Waals surface area contributed by atoms with Gasteiger partial charge in [0.2, 0.25) is 5.88 Å². The minimum absolute atomic E-state index is 0.0763. The van der Waals surface area contributed by atoms with Crippen LogP contribution in [-0.4, -0.2) is 103 Å². The molecule has 0 aliphatic rings. The standard InChI is InChI=1S/C34H42N4O10S2/c1-22-31(45-5)13-24(14-32(22)46-6)29-11-9-26(17-35-29)37(3)19-28(20-49(39,40)41)38(4,21-50(42,43)44)27-10-12-30(36-18-27)25-15-33(47-7)23(2)34(16-25)48-8/h9-18,28H,19-21H2,1-8H3,(H-,39,40,41,42,43,44)/p+1. The minimum Gasteiger partial charge on any atom is -0.496 e. The van der Waals surface area contributed by atoms with Crippen molar-refractivity contribution in [3.63, 3.8) is 0 Å². The molecule has 4 aromatic rings.